The molecule has 0 unspecified atom stereocenters. The molecule has 162 valence electrons. The molecular formula is C24H40Br2O2. The van der Waals surface area contributed by atoms with Crippen LogP contribution in [0.4, 0.5) is 0 Å². The molecule has 0 heterocycles. The number of hydrogen-bond donors (Lipinski definition) is 0. The van der Waals surface area contributed by atoms with E-state index in [1.54, 1.807) is 0 Å². The number of alkyl halides is 2. The van der Waals surface area contributed by atoms with E-state index in [9.17, 15) is 0 Å². The van der Waals surface area contributed by atoms with Gasteiger partial charge in [0.2, 0.25) is 0 Å². The number of benzene rings is 1. The van der Waals surface area contributed by atoms with Crippen molar-refractivity contribution in [3.8, 4) is 11.5 Å². The fourth-order valence-electron chi connectivity index (χ4n) is 3.19. The van der Waals surface area contributed by atoms with Gasteiger partial charge in [0, 0.05) is 16.7 Å². The summed E-state index contributed by atoms with van der Waals surface area (Å²) in [5.41, 5.74) is 0. The van der Waals surface area contributed by atoms with Crippen LogP contribution in [-0.2, 0) is 0 Å². The van der Waals surface area contributed by atoms with E-state index in [1.807, 2.05) is 24.3 Å². The molecule has 0 aliphatic rings. The highest BCUT2D eigenvalue weighted by Gasteiger charge is 1.99. The van der Waals surface area contributed by atoms with Crippen molar-refractivity contribution in [1.29, 1.82) is 0 Å². The molecule has 0 amide bonds. The van der Waals surface area contributed by atoms with Crippen molar-refractivity contribution in [2.75, 3.05) is 23.9 Å². The van der Waals surface area contributed by atoms with Gasteiger partial charge in [-0.25, -0.2) is 0 Å². The first-order valence-corrected chi connectivity index (χ1v) is 13.6. The van der Waals surface area contributed by atoms with Crippen molar-refractivity contribution in [2.45, 2.75) is 89.9 Å². The van der Waals surface area contributed by atoms with Crippen LogP contribution in [0.2, 0.25) is 0 Å². The Balaban J connectivity index is 2.00. The standard InChI is InChI=1S/C24H40Br2O2/c25-18-11-7-3-1-5-9-13-20-27-23-16-15-17-24(22-23)28-21-14-10-6-2-4-8-12-19-26/h15-17,22H,1-14,18-21H2. The lowest BCUT2D eigenvalue weighted by molar-refractivity contribution is 0.289. The Kier molecular flexibility index (Phi) is 18.5. The highest BCUT2D eigenvalue weighted by atomic mass is 79.9. The zero-order chi connectivity index (χ0) is 20.1. The van der Waals surface area contributed by atoms with Crippen molar-refractivity contribution in [2.24, 2.45) is 0 Å². The molecule has 1 aromatic rings. The van der Waals surface area contributed by atoms with Gasteiger partial charge in [-0.1, -0.05) is 102 Å². The average Bonchev–Trinajstić information content (AvgIpc) is 2.72. The van der Waals surface area contributed by atoms with Crippen molar-refractivity contribution >= 4 is 31.9 Å². The van der Waals surface area contributed by atoms with E-state index in [4.69, 9.17) is 9.47 Å². The summed E-state index contributed by atoms with van der Waals surface area (Å²) in [5.74, 6) is 1.86. The smallest absolute Gasteiger partial charge is 0.122 e. The maximum Gasteiger partial charge on any atom is 0.122 e. The average molecular weight is 520 g/mol. The van der Waals surface area contributed by atoms with Crippen molar-refractivity contribution in [3.05, 3.63) is 24.3 Å². The van der Waals surface area contributed by atoms with E-state index in [0.717, 1.165) is 48.2 Å². The Bertz CT molecular complexity index is 417. The highest BCUT2D eigenvalue weighted by Crippen LogP contribution is 2.20. The minimum atomic E-state index is 0.805. The van der Waals surface area contributed by atoms with Crippen LogP contribution < -0.4 is 9.47 Å². The second-order valence-electron chi connectivity index (χ2n) is 7.50. The molecule has 0 radical (unpaired) electrons. The lowest BCUT2D eigenvalue weighted by Gasteiger charge is -2.10. The predicted molar refractivity (Wildman–Crippen MR) is 130 cm³/mol. The zero-order valence-electron chi connectivity index (χ0n) is 17.6. The SMILES string of the molecule is BrCCCCCCCCCOc1cccc(OCCCCCCCCCBr)c1. The lowest BCUT2D eigenvalue weighted by Crippen LogP contribution is -2.00. The maximum absolute atomic E-state index is 5.89. The van der Waals surface area contributed by atoms with E-state index in [0.29, 0.717) is 0 Å². The molecule has 28 heavy (non-hydrogen) atoms. The van der Waals surface area contributed by atoms with Crippen LogP contribution >= 0.6 is 31.9 Å². The number of rotatable bonds is 20. The Morgan fingerprint density at radius 2 is 0.857 bits per heavy atom. The third-order valence-corrected chi connectivity index (χ3v) is 6.02. The van der Waals surface area contributed by atoms with Gasteiger partial charge in [-0.15, -0.1) is 0 Å². The van der Waals surface area contributed by atoms with Gasteiger partial charge in [0.1, 0.15) is 11.5 Å². The number of hydrogen-bond acceptors (Lipinski definition) is 2. The largest absolute Gasteiger partial charge is 0.493 e. The van der Waals surface area contributed by atoms with Crippen LogP contribution in [0.25, 0.3) is 0 Å². The molecule has 1 aromatic carbocycles. The van der Waals surface area contributed by atoms with Crippen LogP contribution in [-0.4, -0.2) is 23.9 Å². The molecular weight excluding hydrogens is 480 g/mol. The molecule has 0 aliphatic heterocycles. The first-order chi connectivity index (χ1) is 13.9. The topological polar surface area (TPSA) is 18.5 Å². The molecule has 0 N–H and O–H groups in total. The van der Waals surface area contributed by atoms with Gasteiger partial charge < -0.3 is 9.47 Å². The predicted octanol–water partition coefficient (Wildman–Crippen LogP) is 8.70. The van der Waals surface area contributed by atoms with E-state index in [-0.39, 0.29) is 0 Å². The van der Waals surface area contributed by atoms with Crippen LogP contribution in [0, 0.1) is 0 Å². The van der Waals surface area contributed by atoms with Gasteiger partial charge in [0.25, 0.3) is 0 Å². The van der Waals surface area contributed by atoms with Gasteiger partial charge >= 0.3 is 0 Å². The molecule has 2 nitrogen and oxygen atoms in total. The maximum atomic E-state index is 5.89. The van der Waals surface area contributed by atoms with Crippen LogP contribution in [0.15, 0.2) is 24.3 Å². The van der Waals surface area contributed by atoms with Crippen LogP contribution in [0.5, 0.6) is 11.5 Å². The Morgan fingerprint density at radius 1 is 0.500 bits per heavy atom. The fourth-order valence-corrected chi connectivity index (χ4v) is 3.99. The Morgan fingerprint density at radius 3 is 1.25 bits per heavy atom. The van der Waals surface area contributed by atoms with E-state index >= 15 is 0 Å². The normalized spacial score (nSPS) is 10.9. The van der Waals surface area contributed by atoms with Crippen LogP contribution in [0.3, 0.4) is 0 Å². The molecule has 0 saturated heterocycles. The molecule has 0 saturated carbocycles. The first-order valence-electron chi connectivity index (χ1n) is 11.3. The van der Waals surface area contributed by atoms with E-state index < -0.39 is 0 Å². The van der Waals surface area contributed by atoms with Crippen molar-refractivity contribution in [1.82, 2.24) is 0 Å². The van der Waals surface area contributed by atoms with E-state index in [2.05, 4.69) is 31.9 Å². The Labute approximate surface area is 190 Å². The van der Waals surface area contributed by atoms with Gasteiger partial charge in [-0.3, -0.25) is 0 Å². The number of halogens is 2. The summed E-state index contributed by atoms with van der Waals surface area (Å²) in [6, 6.07) is 8.11. The molecule has 1 rings (SSSR count). The quantitative estimate of drug-likeness (QED) is 0.127. The minimum absolute atomic E-state index is 0.805. The Hall–Kier alpha value is -0.220. The number of ether oxygens (including phenoxy) is 2. The minimum Gasteiger partial charge on any atom is -0.493 e. The summed E-state index contributed by atoms with van der Waals surface area (Å²) < 4.78 is 11.8. The fraction of sp³-hybridized carbons (Fsp3) is 0.750. The number of unbranched alkanes of at least 4 members (excludes halogenated alkanes) is 12. The molecule has 4 heteroatoms. The summed E-state index contributed by atoms with van der Waals surface area (Å²) in [6.07, 6.45) is 18.2. The summed E-state index contributed by atoms with van der Waals surface area (Å²) in [4.78, 5) is 0. The van der Waals surface area contributed by atoms with Crippen molar-refractivity contribution in [3.63, 3.8) is 0 Å². The molecule has 0 atom stereocenters. The highest BCUT2D eigenvalue weighted by molar-refractivity contribution is 9.09. The third kappa shape index (κ3) is 15.7. The second kappa shape index (κ2) is 20.1. The summed E-state index contributed by atoms with van der Waals surface area (Å²) in [7, 11) is 0. The summed E-state index contributed by atoms with van der Waals surface area (Å²) in [6.45, 7) is 1.61. The molecule has 0 spiro atoms. The van der Waals surface area contributed by atoms with Gasteiger partial charge in [0.05, 0.1) is 13.2 Å². The summed E-state index contributed by atoms with van der Waals surface area (Å²) in [5, 5.41) is 2.28. The first kappa shape index (κ1) is 25.8. The monoisotopic (exact) mass is 518 g/mol. The molecule has 0 fully saturated rings. The van der Waals surface area contributed by atoms with Gasteiger partial charge in [-0.05, 0) is 37.8 Å². The molecule has 0 aliphatic carbocycles. The van der Waals surface area contributed by atoms with Crippen LogP contribution in [0.1, 0.15) is 89.9 Å². The zero-order valence-corrected chi connectivity index (χ0v) is 20.8. The van der Waals surface area contributed by atoms with Gasteiger partial charge in [0.15, 0.2) is 0 Å². The van der Waals surface area contributed by atoms with Gasteiger partial charge in [-0.2, -0.15) is 0 Å². The third-order valence-electron chi connectivity index (χ3n) is 4.90. The van der Waals surface area contributed by atoms with E-state index in [1.165, 1.54) is 77.0 Å². The molecule has 0 aromatic heterocycles. The second-order valence-corrected chi connectivity index (χ2v) is 9.09. The van der Waals surface area contributed by atoms with Crippen molar-refractivity contribution < 1.29 is 9.47 Å². The molecule has 0 bridgehead atoms. The lowest BCUT2D eigenvalue weighted by atomic mass is 10.1. The summed E-state index contributed by atoms with van der Waals surface area (Å²) >= 11 is 6.97.